The fraction of sp³-hybridized carbons (Fsp3) is 0.929. The highest BCUT2D eigenvalue weighted by Gasteiger charge is 2.20. The minimum absolute atomic E-state index is 0.120. The maximum absolute atomic E-state index is 11.7. The second-order valence-corrected chi connectivity index (χ2v) is 5.57. The minimum Gasteiger partial charge on any atom is -0.374 e. The standard InChI is InChI=1S/C14H27N3O2/c1-2-17-7-8-19-13(11-17)9-15-10-14(18)16-12-5-3-4-6-12/h12-13,15H,2-11H2,1H3,(H,16,18). The van der Waals surface area contributed by atoms with Crippen molar-refractivity contribution < 1.29 is 9.53 Å². The first-order valence-corrected chi connectivity index (χ1v) is 7.62. The highest BCUT2D eigenvalue weighted by Crippen LogP contribution is 2.17. The zero-order chi connectivity index (χ0) is 13.5. The van der Waals surface area contributed by atoms with Crippen LogP contribution in [0.3, 0.4) is 0 Å². The Kier molecular flexibility index (Phi) is 6.07. The summed E-state index contributed by atoms with van der Waals surface area (Å²) in [5, 5.41) is 6.29. The normalized spacial score (nSPS) is 25.6. The Balaban J connectivity index is 1.56. The van der Waals surface area contributed by atoms with Gasteiger partial charge in [0, 0.05) is 25.7 Å². The SMILES string of the molecule is CCN1CCOC(CNCC(=O)NC2CCCC2)C1. The largest absolute Gasteiger partial charge is 0.374 e. The predicted octanol–water partition coefficient (Wildman–Crippen LogP) is 0.356. The van der Waals surface area contributed by atoms with Gasteiger partial charge in [-0.25, -0.2) is 0 Å². The molecule has 1 heterocycles. The molecule has 5 nitrogen and oxygen atoms in total. The van der Waals surface area contributed by atoms with Gasteiger partial charge in [-0.15, -0.1) is 0 Å². The van der Waals surface area contributed by atoms with Crippen LogP contribution in [0.4, 0.5) is 0 Å². The van der Waals surface area contributed by atoms with Crippen molar-refractivity contribution in [2.24, 2.45) is 0 Å². The van der Waals surface area contributed by atoms with E-state index in [0.717, 1.165) is 45.6 Å². The number of hydrogen-bond donors (Lipinski definition) is 2. The summed E-state index contributed by atoms with van der Waals surface area (Å²) in [7, 11) is 0. The monoisotopic (exact) mass is 269 g/mol. The van der Waals surface area contributed by atoms with Crippen molar-refractivity contribution in [2.45, 2.75) is 44.8 Å². The van der Waals surface area contributed by atoms with Crippen LogP contribution in [0.15, 0.2) is 0 Å². The van der Waals surface area contributed by atoms with Crippen LogP contribution >= 0.6 is 0 Å². The molecule has 0 aromatic carbocycles. The summed E-state index contributed by atoms with van der Waals surface area (Å²) in [6, 6.07) is 0.413. The van der Waals surface area contributed by atoms with Gasteiger partial charge in [-0.3, -0.25) is 9.69 Å². The van der Waals surface area contributed by atoms with E-state index in [0.29, 0.717) is 12.6 Å². The number of hydrogen-bond acceptors (Lipinski definition) is 4. The lowest BCUT2D eigenvalue weighted by molar-refractivity contribution is -0.121. The summed E-state index contributed by atoms with van der Waals surface area (Å²) < 4.78 is 5.69. The molecule has 0 aromatic rings. The molecule has 2 aliphatic rings. The van der Waals surface area contributed by atoms with Crippen LogP contribution in [0.25, 0.3) is 0 Å². The Hall–Kier alpha value is -0.650. The van der Waals surface area contributed by atoms with Crippen molar-refractivity contribution in [3.8, 4) is 0 Å². The molecule has 2 N–H and O–H groups in total. The molecule has 0 spiro atoms. The van der Waals surface area contributed by atoms with E-state index in [1.54, 1.807) is 0 Å². The number of nitrogens with zero attached hydrogens (tertiary/aromatic N) is 1. The fourth-order valence-corrected chi connectivity index (χ4v) is 2.89. The summed E-state index contributed by atoms with van der Waals surface area (Å²) in [5.74, 6) is 0.120. The van der Waals surface area contributed by atoms with Gasteiger partial charge in [0.1, 0.15) is 0 Å². The molecule has 1 saturated heterocycles. The van der Waals surface area contributed by atoms with Crippen LogP contribution in [-0.2, 0) is 9.53 Å². The van der Waals surface area contributed by atoms with E-state index in [1.165, 1.54) is 12.8 Å². The molecular formula is C14H27N3O2. The summed E-state index contributed by atoms with van der Waals surface area (Å²) >= 11 is 0. The number of morpholine rings is 1. The lowest BCUT2D eigenvalue weighted by atomic mass is 10.2. The molecule has 1 atom stereocenters. The molecular weight excluding hydrogens is 242 g/mol. The van der Waals surface area contributed by atoms with Crippen molar-refractivity contribution in [3.05, 3.63) is 0 Å². The van der Waals surface area contributed by atoms with Gasteiger partial charge in [-0.2, -0.15) is 0 Å². The molecule has 1 unspecified atom stereocenters. The topological polar surface area (TPSA) is 53.6 Å². The highest BCUT2D eigenvalue weighted by molar-refractivity contribution is 5.78. The van der Waals surface area contributed by atoms with Gasteiger partial charge in [0.05, 0.1) is 19.3 Å². The molecule has 1 amide bonds. The molecule has 19 heavy (non-hydrogen) atoms. The molecule has 2 rings (SSSR count). The zero-order valence-electron chi connectivity index (χ0n) is 12.0. The molecule has 0 bridgehead atoms. The second kappa shape index (κ2) is 7.82. The maximum atomic E-state index is 11.7. The highest BCUT2D eigenvalue weighted by atomic mass is 16.5. The van der Waals surface area contributed by atoms with Gasteiger partial charge in [-0.05, 0) is 19.4 Å². The zero-order valence-corrected chi connectivity index (χ0v) is 12.0. The van der Waals surface area contributed by atoms with Crippen LogP contribution in [0.5, 0.6) is 0 Å². The van der Waals surface area contributed by atoms with Crippen LogP contribution in [0, 0.1) is 0 Å². The third-order valence-electron chi connectivity index (χ3n) is 4.05. The Morgan fingerprint density at radius 3 is 2.89 bits per heavy atom. The number of rotatable bonds is 6. The Morgan fingerprint density at radius 2 is 2.16 bits per heavy atom. The molecule has 0 radical (unpaired) electrons. The summed E-state index contributed by atoms with van der Waals surface area (Å²) in [4.78, 5) is 14.1. The number of carbonyl (C=O) groups excluding carboxylic acids is 1. The van der Waals surface area contributed by atoms with E-state index in [-0.39, 0.29) is 12.0 Å². The molecule has 2 fully saturated rings. The third-order valence-corrected chi connectivity index (χ3v) is 4.05. The van der Waals surface area contributed by atoms with Crippen molar-refractivity contribution in [2.75, 3.05) is 39.3 Å². The molecule has 110 valence electrons. The van der Waals surface area contributed by atoms with Gasteiger partial charge in [0.15, 0.2) is 0 Å². The van der Waals surface area contributed by atoms with Crippen LogP contribution in [0.2, 0.25) is 0 Å². The lowest BCUT2D eigenvalue weighted by Crippen LogP contribution is -2.48. The number of nitrogens with one attached hydrogen (secondary N) is 2. The van der Waals surface area contributed by atoms with E-state index in [9.17, 15) is 4.79 Å². The quantitative estimate of drug-likeness (QED) is 0.731. The second-order valence-electron chi connectivity index (χ2n) is 5.57. The first-order chi connectivity index (χ1) is 9.28. The number of amides is 1. The molecule has 1 aliphatic heterocycles. The lowest BCUT2D eigenvalue weighted by Gasteiger charge is -2.32. The van der Waals surface area contributed by atoms with Gasteiger partial charge in [-0.1, -0.05) is 19.8 Å². The Morgan fingerprint density at radius 1 is 1.37 bits per heavy atom. The van der Waals surface area contributed by atoms with E-state index >= 15 is 0 Å². The minimum atomic E-state index is 0.120. The third kappa shape index (κ3) is 5.09. The van der Waals surface area contributed by atoms with Gasteiger partial charge >= 0.3 is 0 Å². The van der Waals surface area contributed by atoms with Crippen molar-refractivity contribution in [1.82, 2.24) is 15.5 Å². The van der Waals surface area contributed by atoms with E-state index in [4.69, 9.17) is 4.74 Å². The van der Waals surface area contributed by atoms with Crippen molar-refractivity contribution >= 4 is 5.91 Å². The van der Waals surface area contributed by atoms with Gasteiger partial charge < -0.3 is 15.4 Å². The number of ether oxygens (including phenoxy) is 1. The average Bonchev–Trinajstić information content (AvgIpc) is 2.92. The van der Waals surface area contributed by atoms with E-state index in [1.807, 2.05) is 0 Å². The Labute approximate surface area is 116 Å². The first kappa shape index (κ1) is 14.8. The maximum Gasteiger partial charge on any atom is 0.234 e. The fourth-order valence-electron chi connectivity index (χ4n) is 2.89. The average molecular weight is 269 g/mol. The molecule has 5 heteroatoms. The van der Waals surface area contributed by atoms with Crippen molar-refractivity contribution in [1.29, 1.82) is 0 Å². The molecule has 0 aromatic heterocycles. The predicted molar refractivity (Wildman–Crippen MR) is 75.1 cm³/mol. The molecule has 1 saturated carbocycles. The summed E-state index contributed by atoms with van der Waals surface area (Å²) in [5.41, 5.74) is 0. The van der Waals surface area contributed by atoms with E-state index in [2.05, 4.69) is 22.5 Å². The number of likely N-dealkylation sites (N-methyl/N-ethyl adjacent to an activating group) is 1. The first-order valence-electron chi connectivity index (χ1n) is 7.62. The van der Waals surface area contributed by atoms with Crippen LogP contribution in [-0.4, -0.2) is 62.3 Å². The van der Waals surface area contributed by atoms with Crippen LogP contribution < -0.4 is 10.6 Å². The van der Waals surface area contributed by atoms with Crippen molar-refractivity contribution in [3.63, 3.8) is 0 Å². The molecule has 1 aliphatic carbocycles. The smallest absolute Gasteiger partial charge is 0.234 e. The summed E-state index contributed by atoms with van der Waals surface area (Å²) in [6.45, 7) is 7.20. The van der Waals surface area contributed by atoms with E-state index < -0.39 is 0 Å². The summed E-state index contributed by atoms with van der Waals surface area (Å²) in [6.07, 6.45) is 5.00. The van der Waals surface area contributed by atoms with Crippen LogP contribution in [0.1, 0.15) is 32.6 Å². The van der Waals surface area contributed by atoms with Gasteiger partial charge in [0.25, 0.3) is 0 Å². The Bertz CT molecular complexity index is 280. The van der Waals surface area contributed by atoms with Gasteiger partial charge in [0.2, 0.25) is 5.91 Å². The number of carbonyl (C=O) groups is 1.